The average Bonchev–Trinajstić information content (AvgIpc) is 2.31. The van der Waals surface area contributed by atoms with Crippen molar-refractivity contribution in [1.29, 1.82) is 0 Å². The summed E-state index contributed by atoms with van der Waals surface area (Å²) in [7, 11) is 0. The fourth-order valence-electron chi connectivity index (χ4n) is 0.655. The summed E-state index contributed by atoms with van der Waals surface area (Å²) in [4.78, 5) is 13.7. The van der Waals surface area contributed by atoms with Crippen molar-refractivity contribution >= 4 is 28.1 Å². The summed E-state index contributed by atoms with van der Waals surface area (Å²) in [6.07, 6.45) is 0. The van der Waals surface area contributed by atoms with Gasteiger partial charge in [-0.3, -0.25) is 0 Å². The number of anilines is 1. The molecule has 0 radical (unpaired) electrons. The Labute approximate surface area is 75.1 Å². The molecule has 1 heterocycles. The first-order valence-corrected chi connectivity index (χ1v) is 3.75. The van der Waals surface area contributed by atoms with E-state index in [0.717, 1.165) is 0 Å². The van der Waals surface area contributed by atoms with Crippen LogP contribution in [-0.4, -0.2) is 27.0 Å². The monoisotopic (exact) mass is 205 g/mol. The van der Waals surface area contributed by atoms with Gasteiger partial charge in [-0.2, -0.15) is 4.39 Å². The third kappa shape index (κ3) is 1.72. The highest BCUT2D eigenvalue weighted by atomic mass is 32.1. The molecule has 0 spiro atoms. The topological polar surface area (TPSA) is 109 Å². The number of rotatable bonds is 2. The molecule has 1 rings (SSSR count). The minimum Gasteiger partial charge on any atom is -0.476 e. The predicted molar refractivity (Wildman–Crippen MR) is 42.4 cm³/mol. The number of nitrogens with two attached hydrogens (primary N) is 1. The maximum absolute atomic E-state index is 12.8. The van der Waals surface area contributed by atoms with Gasteiger partial charge in [-0.25, -0.2) is 9.78 Å². The largest absolute Gasteiger partial charge is 0.476 e. The number of nitrogens with zero attached hydrogens (tertiary/aromatic N) is 2. The van der Waals surface area contributed by atoms with Crippen molar-refractivity contribution in [2.24, 2.45) is 5.16 Å². The number of hydrogen-bond donors (Lipinski definition) is 3. The Morgan fingerprint density at radius 2 is 2.31 bits per heavy atom. The van der Waals surface area contributed by atoms with E-state index in [-0.39, 0.29) is 5.13 Å². The zero-order valence-electron chi connectivity index (χ0n) is 6.06. The van der Waals surface area contributed by atoms with Gasteiger partial charge in [0.25, 0.3) is 0 Å². The predicted octanol–water partition coefficient (Wildman–Crippen LogP) is 0.127. The van der Waals surface area contributed by atoms with Crippen LogP contribution in [0.25, 0.3) is 0 Å². The first-order chi connectivity index (χ1) is 6.06. The molecular weight excluding hydrogens is 201 g/mol. The van der Waals surface area contributed by atoms with Crippen molar-refractivity contribution < 1.29 is 19.5 Å². The zero-order chi connectivity index (χ0) is 10.0. The van der Waals surface area contributed by atoms with Gasteiger partial charge in [0, 0.05) is 0 Å². The van der Waals surface area contributed by atoms with Gasteiger partial charge < -0.3 is 16.0 Å². The minimum absolute atomic E-state index is 0.130. The van der Waals surface area contributed by atoms with E-state index < -0.39 is 22.5 Å². The SMILES string of the molecule is Nc1nc(C(=NO)C(=O)O)c(F)s1. The van der Waals surface area contributed by atoms with Crippen LogP contribution < -0.4 is 5.73 Å². The number of hydrogen-bond acceptors (Lipinski definition) is 6. The normalized spacial score (nSPS) is 11.6. The Kier molecular flexibility index (Phi) is 2.42. The number of aliphatic carboxylic acids is 1. The lowest BCUT2D eigenvalue weighted by Gasteiger charge is -1.92. The van der Waals surface area contributed by atoms with E-state index in [1.54, 1.807) is 0 Å². The maximum Gasteiger partial charge on any atom is 0.360 e. The van der Waals surface area contributed by atoms with Gasteiger partial charge in [-0.15, -0.1) is 0 Å². The molecule has 0 amide bonds. The van der Waals surface area contributed by atoms with Gasteiger partial charge in [0.1, 0.15) is 5.69 Å². The highest BCUT2D eigenvalue weighted by molar-refractivity contribution is 7.14. The molecule has 0 saturated heterocycles. The van der Waals surface area contributed by atoms with E-state index in [0.29, 0.717) is 11.3 Å². The quantitative estimate of drug-likeness (QED) is 0.361. The van der Waals surface area contributed by atoms with E-state index in [1.165, 1.54) is 0 Å². The summed E-state index contributed by atoms with van der Waals surface area (Å²) in [6, 6.07) is 0. The van der Waals surface area contributed by atoms with E-state index in [4.69, 9.17) is 16.0 Å². The molecule has 0 aliphatic rings. The van der Waals surface area contributed by atoms with Crippen LogP contribution >= 0.6 is 11.3 Å². The maximum atomic E-state index is 12.8. The third-order valence-corrected chi connectivity index (χ3v) is 1.80. The molecule has 0 bridgehead atoms. The Hall–Kier alpha value is -1.70. The van der Waals surface area contributed by atoms with E-state index >= 15 is 0 Å². The number of oxime groups is 1. The molecule has 0 fully saturated rings. The van der Waals surface area contributed by atoms with Gasteiger partial charge in [0.05, 0.1) is 0 Å². The second-order valence-corrected chi connectivity index (χ2v) is 2.91. The van der Waals surface area contributed by atoms with E-state index in [1.807, 2.05) is 0 Å². The second kappa shape index (κ2) is 3.35. The fourth-order valence-corrected chi connectivity index (χ4v) is 1.21. The van der Waals surface area contributed by atoms with Crippen LogP contribution in [0, 0.1) is 5.13 Å². The Bertz CT molecular complexity index is 375. The van der Waals surface area contributed by atoms with Crippen molar-refractivity contribution in [3.63, 3.8) is 0 Å². The van der Waals surface area contributed by atoms with Gasteiger partial charge >= 0.3 is 5.97 Å². The summed E-state index contributed by atoms with van der Waals surface area (Å²) in [5, 5.41) is 18.0. The van der Waals surface area contributed by atoms with Gasteiger partial charge in [-0.1, -0.05) is 16.5 Å². The van der Waals surface area contributed by atoms with Crippen molar-refractivity contribution in [1.82, 2.24) is 4.98 Å². The Balaban J connectivity index is 3.20. The molecule has 4 N–H and O–H groups in total. The second-order valence-electron chi connectivity index (χ2n) is 1.93. The third-order valence-electron chi connectivity index (χ3n) is 1.13. The molecule has 0 unspecified atom stereocenters. The summed E-state index contributed by atoms with van der Waals surface area (Å²) in [6.45, 7) is 0. The number of aromatic nitrogens is 1. The molecule has 0 saturated carbocycles. The molecule has 70 valence electrons. The Morgan fingerprint density at radius 1 is 1.69 bits per heavy atom. The molecule has 0 aliphatic heterocycles. The lowest BCUT2D eigenvalue weighted by Crippen LogP contribution is -2.16. The number of nitrogen functional groups attached to an aromatic ring is 1. The number of thiazole rings is 1. The summed E-state index contributed by atoms with van der Waals surface area (Å²) >= 11 is 0.475. The number of halogens is 1. The molecule has 8 heteroatoms. The van der Waals surface area contributed by atoms with Gasteiger partial charge in [0.2, 0.25) is 10.8 Å². The molecule has 0 aromatic carbocycles. The van der Waals surface area contributed by atoms with E-state index in [2.05, 4.69) is 10.1 Å². The average molecular weight is 205 g/mol. The van der Waals surface area contributed by atoms with Crippen LogP contribution in [0.2, 0.25) is 0 Å². The highest BCUT2D eigenvalue weighted by Crippen LogP contribution is 2.18. The van der Waals surface area contributed by atoms with Crippen LogP contribution in [-0.2, 0) is 4.79 Å². The zero-order valence-corrected chi connectivity index (χ0v) is 6.88. The molecule has 0 atom stereocenters. The van der Waals surface area contributed by atoms with Crippen molar-refractivity contribution in [2.75, 3.05) is 5.73 Å². The number of carboxylic acid groups (broad SMARTS) is 1. The first kappa shape index (κ1) is 9.39. The van der Waals surface area contributed by atoms with Crippen LogP contribution in [0.3, 0.4) is 0 Å². The van der Waals surface area contributed by atoms with Crippen LogP contribution in [0.15, 0.2) is 5.16 Å². The summed E-state index contributed by atoms with van der Waals surface area (Å²) in [5.41, 5.74) is 3.68. The molecular formula is C5H4FN3O3S. The summed E-state index contributed by atoms with van der Waals surface area (Å²) in [5.74, 6) is -1.58. The summed E-state index contributed by atoms with van der Waals surface area (Å²) < 4.78 is 12.8. The Morgan fingerprint density at radius 3 is 2.62 bits per heavy atom. The van der Waals surface area contributed by atoms with Crippen LogP contribution in [0.4, 0.5) is 9.52 Å². The number of carbonyl (C=O) groups is 1. The van der Waals surface area contributed by atoms with Crippen LogP contribution in [0.1, 0.15) is 5.69 Å². The van der Waals surface area contributed by atoms with Crippen molar-refractivity contribution in [3.05, 3.63) is 10.8 Å². The molecule has 13 heavy (non-hydrogen) atoms. The van der Waals surface area contributed by atoms with Gasteiger partial charge in [0.15, 0.2) is 5.13 Å². The van der Waals surface area contributed by atoms with Gasteiger partial charge in [-0.05, 0) is 0 Å². The highest BCUT2D eigenvalue weighted by Gasteiger charge is 2.22. The van der Waals surface area contributed by atoms with Crippen LogP contribution in [0.5, 0.6) is 0 Å². The first-order valence-electron chi connectivity index (χ1n) is 2.93. The smallest absolute Gasteiger partial charge is 0.360 e. The molecule has 1 aromatic rings. The van der Waals surface area contributed by atoms with Crippen molar-refractivity contribution in [3.8, 4) is 0 Å². The van der Waals surface area contributed by atoms with Crippen molar-refractivity contribution in [2.45, 2.75) is 0 Å². The molecule has 1 aromatic heterocycles. The molecule has 6 nitrogen and oxygen atoms in total. The van der Waals surface area contributed by atoms with E-state index in [9.17, 15) is 9.18 Å². The fraction of sp³-hybridized carbons (Fsp3) is 0. The number of carboxylic acids is 1. The minimum atomic E-state index is -1.58. The lowest BCUT2D eigenvalue weighted by molar-refractivity contribution is -0.129. The lowest BCUT2D eigenvalue weighted by atomic mass is 10.3. The standard InChI is InChI=1S/C5H4FN3O3S/c6-3-1(8-5(7)13-3)2(9-12)4(10)11/h12H,(H2,7,8)(H,10,11). The molecule has 0 aliphatic carbocycles.